The molecule has 1 saturated heterocycles. The van der Waals surface area contributed by atoms with Gasteiger partial charge in [0.25, 0.3) is 6.41 Å². The molecule has 3 aromatic rings. The summed E-state index contributed by atoms with van der Waals surface area (Å²) in [5.74, 6) is 0. The Morgan fingerprint density at radius 3 is 1.58 bits per heavy atom. The molecule has 0 radical (unpaired) electrons. The Morgan fingerprint density at radius 2 is 1.10 bits per heavy atom. The van der Waals surface area contributed by atoms with Crippen LogP contribution in [-0.2, 0) is 32.2 Å². The summed E-state index contributed by atoms with van der Waals surface area (Å²) in [5.41, 5.74) is 3.24. The zero-order valence-electron chi connectivity index (χ0n) is 17.4. The average molecular weight is 418 g/mol. The van der Waals surface area contributed by atoms with Crippen molar-refractivity contribution >= 4 is 6.21 Å². The Kier molecular flexibility index (Phi) is 7.96. The molecule has 31 heavy (non-hydrogen) atoms. The maximum atomic E-state index is 6.01. The summed E-state index contributed by atoms with van der Waals surface area (Å²) >= 11 is 0. The summed E-state index contributed by atoms with van der Waals surface area (Å²) in [7, 11) is 0. The van der Waals surface area contributed by atoms with Gasteiger partial charge in [0.15, 0.2) is 0 Å². The molecule has 0 spiro atoms. The first kappa shape index (κ1) is 21.4. The predicted octanol–water partition coefficient (Wildman–Crippen LogP) is 4.61. The zero-order chi connectivity index (χ0) is 21.1. The van der Waals surface area contributed by atoms with Gasteiger partial charge in [-0.2, -0.15) is 0 Å². The molecular formula is C26H27NO4. The summed E-state index contributed by atoms with van der Waals surface area (Å²) in [6.45, 7) is 1.86. The van der Waals surface area contributed by atoms with Crippen LogP contribution in [0.1, 0.15) is 16.7 Å². The van der Waals surface area contributed by atoms with Crippen molar-refractivity contribution < 1.29 is 18.9 Å². The fourth-order valence-electron chi connectivity index (χ4n) is 3.29. The fourth-order valence-corrected chi connectivity index (χ4v) is 3.29. The highest BCUT2D eigenvalue weighted by atomic mass is 16.8. The Hall–Kier alpha value is -2.83. The second kappa shape index (κ2) is 11.5. The molecule has 0 amide bonds. The molecule has 3 aromatic carbocycles. The molecule has 0 bridgehead atoms. The van der Waals surface area contributed by atoms with Gasteiger partial charge in [-0.05, 0) is 16.7 Å². The van der Waals surface area contributed by atoms with E-state index in [0.29, 0.717) is 26.4 Å². The van der Waals surface area contributed by atoms with E-state index in [0.717, 1.165) is 16.7 Å². The molecule has 0 aromatic heterocycles. The topological polar surface area (TPSA) is 49.3 Å². The Morgan fingerprint density at radius 1 is 0.645 bits per heavy atom. The average Bonchev–Trinajstić information content (AvgIpc) is 3.21. The van der Waals surface area contributed by atoms with Crippen LogP contribution in [0.2, 0.25) is 0 Å². The molecular weight excluding hydrogens is 390 g/mol. The maximum absolute atomic E-state index is 6.01. The second-order valence-corrected chi connectivity index (χ2v) is 7.35. The van der Waals surface area contributed by atoms with Gasteiger partial charge in [-0.3, -0.25) is 0 Å². The first-order valence-electron chi connectivity index (χ1n) is 10.5. The summed E-state index contributed by atoms with van der Waals surface area (Å²) < 4.78 is 23.8. The molecule has 160 valence electrons. The van der Waals surface area contributed by atoms with Crippen molar-refractivity contribution in [1.29, 1.82) is 0 Å². The number of aliphatic imine (C=N–C) groups is 1. The predicted molar refractivity (Wildman–Crippen MR) is 120 cm³/mol. The van der Waals surface area contributed by atoms with Gasteiger partial charge in [-0.25, -0.2) is 4.99 Å². The fraction of sp³-hybridized carbons (Fsp3) is 0.269. The zero-order valence-corrected chi connectivity index (χ0v) is 17.4. The van der Waals surface area contributed by atoms with Gasteiger partial charge in [-0.1, -0.05) is 91.0 Å². The molecule has 2 atom stereocenters. The molecule has 1 aliphatic rings. The Bertz CT molecular complexity index is 864. The monoisotopic (exact) mass is 417 g/mol. The molecule has 1 heterocycles. The second-order valence-electron chi connectivity index (χ2n) is 7.35. The number of ether oxygens (including phenoxy) is 4. The van der Waals surface area contributed by atoms with Crippen LogP contribution in [0.5, 0.6) is 0 Å². The van der Waals surface area contributed by atoms with Crippen molar-refractivity contribution in [3.63, 3.8) is 0 Å². The van der Waals surface area contributed by atoms with Gasteiger partial charge < -0.3 is 18.9 Å². The number of hydrogen-bond donors (Lipinski definition) is 0. The first-order valence-corrected chi connectivity index (χ1v) is 10.5. The summed E-state index contributed by atoms with van der Waals surface area (Å²) in [5, 5.41) is 0. The quantitative estimate of drug-likeness (QED) is 0.452. The van der Waals surface area contributed by atoms with E-state index >= 15 is 0 Å². The van der Waals surface area contributed by atoms with Crippen LogP contribution in [0.3, 0.4) is 0 Å². The molecule has 0 saturated carbocycles. The third-order valence-electron chi connectivity index (χ3n) is 4.93. The third-order valence-corrected chi connectivity index (χ3v) is 4.93. The smallest absolute Gasteiger partial charge is 0.259 e. The van der Waals surface area contributed by atoms with E-state index in [1.807, 2.05) is 91.0 Å². The maximum Gasteiger partial charge on any atom is 0.259 e. The van der Waals surface area contributed by atoms with Crippen molar-refractivity contribution in [2.45, 2.75) is 31.8 Å². The highest BCUT2D eigenvalue weighted by molar-refractivity contribution is 5.79. The SMILES string of the molecule is C(=N\C1O[C@H](COCc2ccccc2)[C@@H](COCc2ccccc2)O1)/c1ccccc1. The Balaban J connectivity index is 1.32. The lowest BCUT2D eigenvalue weighted by molar-refractivity contribution is -0.0735. The van der Waals surface area contributed by atoms with Gasteiger partial charge in [-0.15, -0.1) is 0 Å². The largest absolute Gasteiger partial charge is 0.374 e. The van der Waals surface area contributed by atoms with E-state index in [1.54, 1.807) is 6.21 Å². The van der Waals surface area contributed by atoms with Crippen LogP contribution >= 0.6 is 0 Å². The van der Waals surface area contributed by atoms with Crippen LogP contribution in [0.25, 0.3) is 0 Å². The van der Waals surface area contributed by atoms with Crippen molar-refractivity contribution in [2.75, 3.05) is 13.2 Å². The van der Waals surface area contributed by atoms with Crippen LogP contribution in [0.15, 0.2) is 96.0 Å². The molecule has 5 nitrogen and oxygen atoms in total. The summed E-state index contributed by atoms with van der Waals surface area (Å²) in [6.07, 6.45) is 0.588. The van der Waals surface area contributed by atoms with Gasteiger partial charge in [0, 0.05) is 6.21 Å². The van der Waals surface area contributed by atoms with E-state index in [-0.39, 0.29) is 12.2 Å². The first-order chi connectivity index (χ1) is 15.4. The van der Waals surface area contributed by atoms with E-state index in [9.17, 15) is 0 Å². The van der Waals surface area contributed by atoms with Gasteiger partial charge in [0.05, 0.1) is 26.4 Å². The Labute approximate surface area is 183 Å². The van der Waals surface area contributed by atoms with E-state index < -0.39 is 6.41 Å². The van der Waals surface area contributed by atoms with Crippen molar-refractivity contribution in [3.8, 4) is 0 Å². The molecule has 0 aliphatic carbocycles. The van der Waals surface area contributed by atoms with E-state index in [2.05, 4.69) is 4.99 Å². The number of nitrogens with zero attached hydrogens (tertiary/aromatic N) is 1. The molecule has 4 rings (SSSR count). The molecule has 1 fully saturated rings. The lowest BCUT2D eigenvalue weighted by Gasteiger charge is -2.17. The van der Waals surface area contributed by atoms with E-state index in [1.165, 1.54) is 0 Å². The minimum Gasteiger partial charge on any atom is -0.374 e. The highest BCUT2D eigenvalue weighted by Gasteiger charge is 2.36. The third kappa shape index (κ3) is 6.84. The molecule has 0 unspecified atom stereocenters. The number of hydrogen-bond acceptors (Lipinski definition) is 5. The normalized spacial score (nSPS) is 19.2. The standard InChI is InChI=1S/C26H27NO4/c1-4-10-21(11-5-1)16-27-26-30-24(19-28-17-22-12-6-2-7-13-22)25(31-26)20-29-18-23-14-8-3-9-15-23/h1-16,24-26H,17-20H2/b27-16+/t24-,25-/m1/s1. The number of rotatable bonds is 10. The van der Waals surface area contributed by atoms with Crippen molar-refractivity contribution in [3.05, 3.63) is 108 Å². The van der Waals surface area contributed by atoms with Crippen LogP contribution in [-0.4, -0.2) is 38.1 Å². The summed E-state index contributed by atoms with van der Waals surface area (Å²) in [4.78, 5) is 4.45. The molecule has 0 N–H and O–H groups in total. The van der Waals surface area contributed by atoms with Crippen molar-refractivity contribution in [2.24, 2.45) is 4.99 Å². The molecule has 5 heteroatoms. The molecule has 1 aliphatic heterocycles. The van der Waals surface area contributed by atoms with Gasteiger partial charge in [0.2, 0.25) is 0 Å². The van der Waals surface area contributed by atoms with Gasteiger partial charge >= 0.3 is 0 Å². The number of benzene rings is 3. The highest BCUT2D eigenvalue weighted by Crippen LogP contribution is 2.22. The van der Waals surface area contributed by atoms with Gasteiger partial charge in [0.1, 0.15) is 12.2 Å². The minimum absolute atomic E-state index is 0.252. The van der Waals surface area contributed by atoms with Crippen LogP contribution < -0.4 is 0 Å². The lowest BCUT2D eigenvalue weighted by Crippen LogP contribution is -2.31. The van der Waals surface area contributed by atoms with Crippen LogP contribution in [0.4, 0.5) is 0 Å². The van der Waals surface area contributed by atoms with E-state index in [4.69, 9.17) is 18.9 Å². The van der Waals surface area contributed by atoms with Crippen molar-refractivity contribution in [1.82, 2.24) is 0 Å². The van der Waals surface area contributed by atoms with Crippen LogP contribution in [0, 0.1) is 0 Å². The lowest BCUT2D eigenvalue weighted by atomic mass is 10.2. The minimum atomic E-state index is -0.671. The summed E-state index contributed by atoms with van der Waals surface area (Å²) in [6, 6.07) is 30.0.